The lowest BCUT2D eigenvalue weighted by Crippen LogP contribution is -2.00. The van der Waals surface area contributed by atoms with Crippen LogP contribution in [0.3, 0.4) is 0 Å². The van der Waals surface area contributed by atoms with Crippen molar-refractivity contribution in [2.75, 3.05) is 5.75 Å². The Hall–Kier alpha value is -4.89. The summed E-state index contributed by atoms with van der Waals surface area (Å²) in [4.78, 5) is 1.41. The van der Waals surface area contributed by atoms with E-state index in [1.165, 1.54) is 96.3 Å². The number of allylic oxidation sites excluding steroid dienone is 4. The molecule has 2 heterocycles. The van der Waals surface area contributed by atoms with Crippen molar-refractivity contribution in [2.24, 2.45) is 0 Å². The zero-order chi connectivity index (χ0) is 31.6. The summed E-state index contributed by atoms with van der Waals surface area (Å²) >= 11 is 3.91. The van der Waals surface area contributed by atoms with E-state index in [1.54, 1.807) is 0 Å². The number of hydrogen-bond donors (Lipinski definition) is 0. The summed E-state index contributed by atoms with van der Waals surface area (Å²) in [5, 5.41) is 10.8. The number of benzene rings is 7. The van der Waals surface area contributed by atoms with E-state index in [1.807, 2.05) is 23.1 Å². The minimum Gasteiger partial charge on any atom is -0.135 e. The maximum absolute atomic E-state index is 2.46. The highest BCUT2D eigenvalue weighted by atomic mass is 32.2. The molecule has 0 radical (unpaired) electrons. The Kier molecular flexibility index (Phi) is 6.67. The van der Waals surface area contributed by atoms with Crippen LogP contribution < -0.4 is 0 Å². The highest BCUT2D eigenvalue weighted by molar-refractivity contribution is 7.99. The van der Waals surface area contributed by atoms with Crippen molar-refractivity contribution in [3.05, 3.63) is 162 Å². The molecule has 0 atom stereocenters. The summed E-state index contributed by atoms with van der Waals surface area (Å²) in [5.74, 6) is 1.01. The van der Waals surface area contributed by atoms with E-state index in [-0.39, 0.29) is 0 Å². The van der Waals surface area contributed by atoms with Crippen LogP contribution in [-0.4, -0.2) is 5.75 Å². The molecule has 0 fully saturated rings. The Morgan fingerprint density at radius 3 is 2.23 bits per heavy atom. The zero-order valence-corrected chi connectivity index (χ0v) is 28.1. The first-order chi connectivity index (χ1) is 23.8. The fraction of sp³-hybridized carbons (Fsp3) is 0.0870. The van der Waals surface area contributed by atoms with Crippen LogP contribution in [0.15, 0.2) is 144 Å². The lowest BCUT2D eigenvalue weighted by molar-refractivity contribution is 1.00. The Morgan fingerprint density at radius 2 is 1.35 bits per heavy atom. The number of thiophene rings is 1. The topological polar surface area (TPSA) is 0 Å². The minimum atomic E-state index is 0.966. The molecule has 0 N–H and O–H groups in total. The van der Waals surface area contributed by atoms with Gasteiger partial charge in [-0.25, -0.2) is 0 Å². The second-order valence-electron chi connectivity index (χ2n) is 13.0. The molecule has 0 nitrogen and oxygen atoms in total. The monoisotopic (exact) mass is 648 g/mol. The Bertz CT molecular complexity index is 2640. The van der Waals surface area contributed by atoms with Gasteiger partial charge in [-0.3, -0.25) is 0 Å². The average Bonchev–Trinajstić information content (AvgIpc) is 3.56. The van der Waals surface area contributed by atoms with Gasteiger partial charge in [-0.15, -0.1) is 23.1 Å². The van der Waals surface area contributed by atoms with Crippen molar-refractivity contribution < 1.29 is 0 Å². The van der Waals surface area contributed by atoms with Crippen molar-refractivity contribution in [1.82, 2.24) is 0 Å². The van der Waals surface area contributed by atoms with Crippen LogP contribution >= 0.6 is 23.1 Å². The van der Waals surface area contributed by atoms with E-state index in [0.29, 0.717) is 0 Å². The van der Waals surface area contributed by atoms with E-state index in [9.17, 15) is 0 Å². The Balaban J connectivity index is 1.07. The molecule has 8 aromatic rings. The number of thioether (sulfide) groups is 1. The second kappa shape index (κ2) is 11.4. The van der Waals surface area contributed by atoms with Gasteiger partial charge in [0.25, 0.3) is 0 Å². The van der Waals surface area contributed by atoms with Crippen molar-refractivity contribution in [1.29, 1.82) is 0 Å². The molecule has 0 bridgehead atoms. The standard InChI is InChI=1S/C46H32S2/c1-2-8-24-47-42-22-19-29-18-21-39-41-28-33(20-23-43(41)48-46(39)45(29)40(42)13-3-1)31-14-15-32-26-36(17-16-30(32)25-31)44-37-11-6-4-9-34(37)27-35-10-5-7-12-38(35)44/h1-12,16-23,25-28H,13-15,24H2/b3-1-,8-2-. The van der Waals surface area contributed by atoms with Gasteiger partial charge >= 0.3 is 0 Å². The number of hydrogen-bond acceptors (Lipinski definition) is 2. The zero-order valence-electron chi connectivity index (χ0n) is 26.5. The first kappa shape index (κ1) is 28.2. The van der Waals surface area contributed by atoms with Crippen molar-refractivity contribution in [3.63, 3.8) is 0 Å². The number of rotatable bonds is 2. The fourth-order valence-electron chi connectivity index (χ4n) is 7.97. The van der Waals surface area contributed by atoms with Crippen LogP contribution in [0.2, 0.25) is 0 Å². The summed E-state index contributed by atoms with van der Waals surface area (Å²) in [6.45, 7) is 0. The normalized spacial score (nSPS) is 16.0. The van der Waals surface area contributed by atoms with E-state index in [4.69, 9.17) is 0 Å². The molecule has 10 rings (SSSR count). The van der Waals surface area contributed by atoms with Gasteiger partial charge in [0.2, 0.25) is 0 Å². The largest absolute Gasteiger partial charge is 0.135 e. The quantitative estimate of drug-likeness (QED) is 0.168. The third-order valence-electron chi connectivity index (χ3n) is 10.3. The Labute approximate surface area is 288 Å². The Morgan fingerprint density at radius 1 is 0.562 bits per heavy atom. The van der Waals surface area contributed by atoms with Crippen LogP contribution in [0.5, 0.6) is 0 Å². The maximum Gasteiger partial charge on any atom is 0.0437 e. The highest BCUT2D eigenvalue weighted by Crippen LogP contribution is 2.44. The molecule has 0 saturated carbocycles. The van der Waals surface area contributed by atoms with Gasteiger partial charge in [0.1, 0.15) is 0 Å². The third-order valence-corrected chi connectivity index (χ3v) is 12.5. The van der Waals surface area contributed by atoms with Crippen LogP contribution in [0.25, 0.3) is 75.3 Å². The van der Waals surface area contributed by atoms with Crippen LogP contribution in [0.4, 0.5) is 0 Å². The molecule has 0 unspecified atom stereocenters. The van der Waals surface area contributed by atoms with E-state index >= 15 is 0 Å². The van der Waals surface area contributed by atoms with Crippen LogP contribution in [0.1, 0.15) is 28.7 Å². The predicted octanol–water partition coefficient (Wildman–Crippen LogP) is 13.4. The highest BCUT2D eigenvalue weighted by Gasteiger charge is 2.18. The molecule has 2 aliphatic rings. The molecular weight excluding hydrogens is 617 g/mol. The second-order valence-corrected chi connectivity index (χ2v) is 15.2. The molecule has 1 aliphatic carbocycles. The molecule has 1 aliphatic heterocycles. The van der Waals surface area contributed by atoms with E-state index in [0.717, 1.165) is 25.0 Å². The van der Waals surface area contributed by atoms with Gasteiger partial charge < -0.3 is 0 Å². The molecule has 0 spiro atoms. The van der Waals surface area contributed by atoms with Gasteiger partial charge in [-0.1, -0.05) is 121 Å². The molecule has 48 heavy (non-hydrogen) atoms. The smallest absolute Gasteiger partial charge is 0.0437 e. The summed E-state index contributed by atoms with van der Waals surface area (Å²) < 4.78 is 2.80. The predicted molar refractivity (Wildman–Crippen MR) is 213 cm³/mol. The number of aryl methyl sites for hydroxylation is 1. The molecular formula is C46H32S2. The fourth-order valence-corrected chi connectivity index (χ4v) is 10.1. The third kappa shape index (κ3) is 4.58. The lowest BCUT2D eigenvalue weighted by Gasteiger charge is -2.19. The molecule has 2 heteroatoms. The lowest BCUT2D eigenvalue weighted by atomic mass is 9.85. The molecule has 0 amide bonds. The van der Waals surface area contributed by atoms with Gasteiger partial charge in [-0.05, 0) is 109 Å². The first-order valence-electron chi connectivity index (χ1n) is 16.9. The van der Waals surface area contributed by atoms with Gasteiger partial charge in [0, 0.05) is 36.2 Å². The number of fused-ring (bicyclic) bond motifs is 10. The molecule has 1 aromatic heterocycles. The first-order valence-corrected chi connectivity index (χ1v) is 18.7. The van der Waals surface area contributed by atoms with Crippen LogP contribution in [-0.2, 0) is 12.8 Å². The van der Waals surface area contributed by atoms with Crippen molar-refractivity contribution in [2.45, 2.75) is 24.2 Å². The maximum atomic E-state index is 2.46. The van der Waals surface area contributed by atoms with E-state index in [2.05, 4.69) is 146 Å². The van der Waals surface area contributed by atoms with Gasteiger partial charge in [0.05, 0.1) is 0 Å². The summed E-state index contributed by atoms with van der Waals surface area (Å²) in [7, 11) is 0. The van der Waals surface area contributed by atoms with Gasteiger partial charge in [0.15, 0.2) is 0 Å². The molecule has 7 aromatic carbocycles. The molecule has 0 saturated heterocycles. The molecule has 228 valence electrons. The van der Waals surface area contributed by atoms with Gasteiger partial charge in [-0.2, -0.15) is 0 Å². The summed E-state index contributed by atoms with van der Waals surface area (Å²) in [6.07, 6.45) is 14.5. The minimum absolute atomic E-state index is 0.966. The summed E-state index contributed by atoms with van der Waals surface area (Å²) in [6, 6.07) is 43.6. The average molecular weight is 649 g/mol. The van der Waals surface area contributed by atoms with E-state index < -0.39 is 0 Å². The van der Waals surface area contributed by atoms with Crippen LogP contribution in [0, 0.1) is 0 Å². The van der Waals surface area contributed by atoms with Crippen molar-refractivity contribution in [3.8, 4) is 11.1 Å². The van der Waals surface area contributed by atoms with Crippen molar-refractivity contribution >= 4 is 87.2 Å². The SMILES string of the molecule is C1=C(c2ccc3sc4c(ccc5ccc6c(c54)C/C=C\C=C/CS6)c3c2)CCc2cc(-c3c4ccccc4cc4ccccc34)ccc21. The summed E-state index contributed by atoms with van der Waals surface area (Å²) in [5.41, 5.74) is 9.70.